The van der Waals surface area contributed by atoms with E-state index in [0.29, 0.717) is 36.3 Å². The van der Waals surface area contributed by atoms with Gasteiger partial charge in [0.05, 0.1) is 12.7 Å². The van der Waals surface area contributed by atoms with E-state index in [1.165, 1.54) is 0 Å². The predicted molar refractivity (Wildman–Crippen MR) is 121 cm³/mol. The Kier molecular flexibility index (Phi) is 6.09. The largest absolute Gasteiger partial charge is 0.497 e. The summed E-state index contributed by atoms with van der Waals surface area (Å²) in [5.74, 6) is 2.46. The molecule has 1 amide bonds. The number of amides is 1. The number of aromatic nitrogens is 3. The highest BCUT2D eigenvalue weighted by Gasteiger charge is 2.41. The van der Waals surface area contributed by atoms with Crippen molar-refractivity contribution in [3.05, 3.63) is 60.2 Å². The Hall–Kier alpha value is -3.26. The zero-order chi connectivity index (χ0) is 22.7. The third-order valence-electron chi connectivity index (χ3n) is 6.75. The quantitative estimate of drug-likeness (QED) is 0.587. The molecule has 1 atom stereocenters. The third-order valence-corrected chi connectivity index (χ3v) is 6.75. The van der Waals surface area contributed by atoms with Gasteiger partial charge in [-0.25, -0.2) is 0 Å². The van der Waals surface area contributed by atoms with Gasteiger partial charge in [0, 0.05) is 49.6 Å². The standard InChI is InChI=1S/C25H28N4O4/c1-31-21-6-4-19(5-7-21)24(30)29-12-9-25(10-13-29)16-18(8-14-32-25)15-22-27-23(28-33-22)20-3-2-11-26-17-20/h2-7,11,17-18H,8-10,12-16H2,1H3. The van der Waals surface area contributed by atoms with E-state index in [1.807, 2.05) is 41.3 Å². The van der Waals surface area contributed by atoms with Crippen LogP contribution in [0.3, 0.4) is 0 Å². The summed E-state index contributed by atoms with van der Waals surface area (Å²) in [4.78, 5) is 23.5. The molecule has 33 heavy (non-hydrogen) atoms. The first-order valence-corrected chi connectivity index (χ1v) is 11.4. The van der Waals surface area contributed by atoms with Crippen molar-refractivity contribution in [3.63, 3.8) is 0 Å². The first-order chi connectivity index (χ1) is 16.1. The normalized spacial score (nSPS) is 20.0. The topological polar surface area (TPSA) is 90.6 Å². The fourth-order valence-corrected chi connectivity index (χ4v) is 4.88. The van der Waals surface area contributed by atoms with E-state index >= 15 is 0 Å². The number of piperidine rings is 1. The lowest BCUT2D eigenvalue weighted by Crippen LogP contribution is -2.51. The molecule has 1 spiro atoms. The second kappa shape index (κ2) is 9.31. The number of ether oxygens (including phenoxy) is 2. The van der Waals surface area contributed by atoms with E-state index in [9.17, 15) is 4.79 Å². The first-order valence-electron chi connectivity index (χ1n) is 11.4. The molecule has 1 unspecified atom stereocenters. The molecule has 2 aliphatic rings. The lowest BCUT2D eigenvalue weighted by atomic mass is 9.78. The fraction of sp³-hybridized carbons (Fsp3) is 0.440. The maximum absolute atomic E-state index is 12.9. The lowest BCUT2D eigenvalue weighted by Gasteiger charge is -2.46. The zero-order valence-electron chi connectivity index (χ0n) is 18.8. The molecule has 0 aliphatic carbocycles. The number of carbonyl (C=O) groups is 1. The zero-order valence-corrected chi connectivity index (χ0v) is 18.8. The van der Waals surface area contributed by atoms with Gasteiger partial charge >= 0.3 is 0 Å². The van der Waals surface area contributed by atoms with Crippen molar-refractivity contribution in [3.8, 4) is 17.1 Å². The van der Waals surface area contributed by atoms with Gasteiger partial charge in [0.2, 0.25) is 11.7 Å². The summed E-state index contributed by atoms with van der Waals surface area (Å²) in [5.41, 5.74) is 1.37. The smallest absolute Gasteiger partial charge is 0.253 e. The lowest BCUT2D eigenvalue weighted by molar-refractivity contribution is -0.124. The Labute approximate surface area is 192 Å². The number of pyridine rings is 1. The number of hydrogen-bond acceptors (Lipinski definition) is 7. The van der Waals surface area contributed by atoms with Gasteiger partial charge in [-0.1, -0.05) is 5.16 Å². The minimum absolute atomic E-state index is 0.0636. The van der Waals surface area contributed by atoms with Crippen molar-refractivity contribution in [2.45, 2.75) is 37.7 Å². The monoisotopic (exact) mass is 448 g/mol. The Balaban J connectivity index is 1.18. The van der Waals surface area contributed by atoms with E-state index in [-0.39, 0.29) is 11.5 Å². The maximum atomic E-state index is 12.9. The molecule has 8 nitrogen and oxygen atoms in total. The molecule has 5 rings (SSSR count). The summed E-state index contributed by atoms with van der Waals surface area (Å²) < 4.78 is 17.0. The van der Waals surface area contributed by atoms with Crippen LogP contribution in [0, 0.1) is 5.92 Å². The molecule has 2 fully saturated rings. The Morgan fingerprint density at radius 3 is 2.76 bits per heavy atom. The van der Waals surface area contributed by atoms with Gasteiger partial charge in [-0.05, 0) is 68.0 Å². The summed E-state index contributed by atoms with van der Waals surface area (Å²) in [7, 11) is 1.62. The summed E-state index contributed by atoms with van der Waals surface area (Å²) >= 11 is 0. The SMILES string of the molecule is COc1ccc(C(=O)N2CCC3(CC2)CC(Cc2nc(-c4cccnc4)no2)CCO3)cc1. The fourth-order valence-electron chi connectivity index (χ4n) is 4.88. The molecule has 4 heterocycles. The molecule has 1 aromatic carbocycles. The van der Waals surface area contributed by atoms with Crippen LogP contribution in [0.5, 0.6) is 5.75 Å². The van der Waals surface area contributed by atoms with E-state index in [2.05, 4.69) is 15.1 Å². The van der Waals surface area contributed by atoms with Crippen LogP contribution in [0.15, 0.2) is 53.3 Å². The number of benzene rings is 1. The van der Waals surface area contributed by atoms with Crippen LogP contribution in [-0.2, 0) is 11.2 Å². The van der Waals surface area contributed by atoms with Crippen molar-refractivity contribution >= 4 is 5.91 Å². The first kappa shape index (κ1) is 21.6. The third kappa shape index (κ3) is 4.75. The number of hydrogen-bond donors (Lipinski definition) is 0. The highest BCUT2D eigenvalue weighted by molar-refractivity contribution is 5.94. The molecular weight excluding hydrogens is 420 g/mol. The molecule has 0 radical (unpaired) electrons. The molecule has 2 aromatic heterocycles. The molecule has 0 saturated carbocycles. The highest BCUT2D eigenvalue weighted by Crippen LogP contribution is 2.39. The van der Waals surface area contributed by atoms with Gasteiger partial charge in [0.25, 0.3) is 5.91 Å². The van der Waals surface area contributed by atoms with Crippen molar-refractivity contribution in [1.29, 1.82) is 0 Å². The number of methoxy groups -OCH3 is 1. The van der Waals surface area contributed by atoms with E-state index in [4.69, 9.17) is 14.0 Å². The summed E-state index contributed by atoms with van der Waals surface area (Å²) in [6.45, 7) is 2.12. The van der Waals surface area contributed by atoms with Crippen LogP contribution in [0.1, 0.15) is 41.9 Å². The van der Waals surface area contributed by atoms with Gasteiger partial charge in [-0.2, -0.15) is 4.98 Å². The van der Waals surface area contributed by atoms with Gasteiger partial charge in [-0.15, -0.1) is 0 Å². The van der Waals surface area contributed by atoms with Crippen LogP contribution >= 0.6 is 0 Å². The van der Waals surface area contributed by atoms with Crippen molar-refractivity contribution in [2.24, 2.45) is 5.92 Å². The molecule has 8 heteroatoms. The summed E-state index contributed by atoms with van der Waals surface area (Å²) in [6.07, 6.45) is 7.81. The van der Waals surface area contributed by atoms with Gasteiger partial charge in [0.1, 0.15) is 5.75 Å². The second-order valence-corrected chi connectivity index (χ2v) is 8.87. The minimum Gasteiger partial charge on any atom is -0.497 e. The van der Waals surface area contributed by atoms with Crippen LogP contribution in [0.25, 0.3) is 11.4 Å². The molecular formula is C25H28N4O4. The van der Waals surface area contributed by atoms with Crippen molar-refractivity contribution < 1.29 is 18.8 Å². The highest BCUT2D eigenvalue weighted by atomic mass is 16.5. The predicted octanol–water partition coefficient (Wildman–Crippen LogP) is 3.78. The van der Waals surface area contributed by atoms with Crippen molar-refractivity contribution in [1.82, 2.24) is 20.0 Å². The summed E-state index contributed by atoms with van der Waals surface area (Å²) in [6, 6.07) is 11.1. The Morgan fingerprint density at radius 2 is 2.03 bits per heavy atom. The van der Waals surface area contributed by atoms with Crippen LogP contribution in [0.2, 0.25) is 0 Å². The number of rotatable bonds is 5. The molecule has 2 saturated heterocycles. The summed E-state index contributed by atoms with van der Waals surface area (Å²) in [5, 5.41) is 4.12. The van der Waals surface area contributed by atoms with E-state index in [0.717, 1.165) is 50.0 Å². The van der Waals surface area contributed by atoms with E-state index in [1.54, 1.807) is 19.5 Å². The average molecular weight is 449 g/mol. The molecule has 3 aromatic rings. The Morgan fingerprint density at radius 1 is 1.21 bits per heavy atom. The van der Waals surface area contributed by atoms with Crippen LogP contribution in [0.4, 0.5) is 0 Å². The van der Waals surface area contributed by atoms with Gasteiger partial charge < -0.3 is 18.9 Å². The van der Waals surface area contributed by atoms with Gasteiger partial charge in [-0.3, -0.25) is 9.78 Å². The van der Waals surface area contributed by atoms with Crippen molar-refractivity contribution in [2.75, 3.05) is 26.8 Å². The molecule has 2 aliphatic heterocycles. The van der Waals surface area contributed by atoms with Gasteiger partial charge in [0.15, 0.2) is 0 Å². The molecule has 0 bridgehead atoms. The average Bonchev–Trinajstić information content (AvgIpc) is 3.33. The Bertz CT molecular complexity index is 1080. The van der Waals surface area contributed by atoms with E-state index < -0.39 is 0 Å². The maximum Gasteiger partial charge on any atom is 0.253 e. The van der Waals surface area contributed by atoms with Crippen LogP contribution < -0.4 is 4.74 Å². The second-order valence-electron chi connectivity index (χ2n) is 8.87. The number of nitrogens with zero attached hydrogens (tertiary/aromatic N) is 4. The van der Waals surface area contributed by atoms with Crippen LogP contribution in [-0.4, -0.2) is 58.3 Å². The molecule has 0 N–H and O–H groups in total. The molecule has 172 valence electrons. The number of likely N-dealkylation sites (tertiary alicyclic amines) is 1. The minimum atomic E-state index is -0.175. The number of carbonyl (C=O) groups excluding carboxylic acids is 1.